The van der Waals surface area contributed by atoms with Crippen LogP contribution in [0, 0.1) is 47.4 Å². The molecule has 1 aliphatic heterocycles. The molecule has 0 amide bonds. The van der Waals surface area contributed by atoms with E-state index >= 15 is 0 Å². The van der Waals surface area contributed by atoms with Crippen molar-refractivity contribution in [1.82, 2.24) is 0 Å². The fourth-order valence-corrected chi connectivity index (χ4v) is 21.8. The molecule has 3 heteroatoms. The van der Waals surface area contributed by atoms with Gasteiger partial charge in [-0.2, -0.15) is 0 Å². The minimum absolute atomic E-state index is 0.815. The van der Waals surface area contributed by atoms with Crippen molar-refractivity contribution in [1.29, 1.82) is 0 Å². The Morgan fingerprint density at radius 3 is 0.519 bits per heavy atom. The number of allylic oxidation sites excluding steroid dienone is 2. The molecule has 0 atom stereocenters. The zero-order chi connectivity index (χ0) is 95.3. The van der Waals surface area contributed by atoms with Gasteiger partial charge in [-0.3, -0.25) is 0 Å². The van der Waals surface area contributed by atoms with E-state index in [-0.39, 0.29) is 0 Å². The van der Waals surface area contributed by atoms with Crippen LogP contribution in [0.1, 0.15) is 705 Å². The van der Waals surface area contributed by atoms with Crippen LogP contribution >= 0.6 is 0 Å². The molecule has 1 aliphatic rings. The van der Waals surface area contributed by atoms with Gasteiger partial charge in [-0.1, -0.05) is 558 Å². The van der Waals surface area contributed by atoms with Gasteiger partial charge in [-0.15, -0.1) is 0 Å². The van der Waals surface area contributed by atoms with E-state index in [1.54, 1.807) is 4.70 Å². The topological polar surface area (TPSA) is 25.3 Å². The van der Waals surface area contributed by atoms with Crippen LogP contribution in [0.3, 0.4) is 0 Å². The molecule has 0 N–H and O–H groups in total. The second-order valence-corrected chi connectivity index (χ2v) is 44.0. The molecule has 0 radical (unpaired) electrons. The van der Waals surface area contributed by atoms with Gasteiger partial charge in [0.2, 0.25) is 11.4 Å². The van der Waals surface area contributed by atoms with Crippen molar-refractivity contribution < 1.29 is 22.7 Å². The Hall–Kier alpha value is -3.58. The van der Waals surface area contributed by atoms with E-state index in [2.05, 4.69) is 139 Å². The van der Waals surface area contributed by atoms with Gasteiger partial charge in [0.25, 0.3) is 0 Å². The fraction of sp³-hybridized carbons (Fsp3) is 0.815. The van der Waals surface area contributed by atoms with Crippen molar-refractivity contribution in [2.45, 2.75) is 682 Å². The third kappa shape index (κ3) is 79.8. The molecule has 1 heterocycles. The molecule has 3 rings (SSSR count). The molecule has 0 fully saturated rings. The molecule has 133 heavy (non-hydrogen) atoms. The number of rotatable bonds is 96. The average molecular weight is 1920 g/mol. The van der Waals surface area contributed by atoms with Crippen LogP contribution < -0.4 is 0 Å². The summed E-state index contributed by atoms with van der Waals surface area (Å²) < 4.78 is 1.56. The zero-order valence-electron chi connectivity index (χ0n) is 91.0. The van der Waals surface area contributed by atoms with Gasteiger partial charge in [-0.05, 0) is 81.3 Å². The van der Waals surface area contributed by atoms with Crippen LogP contribution in [0.2, 0.25) is 9.79 Å². The Morgan fingerprint density at radius 1 is 0.188 bits per heavy atom. The number of nitrogens with zero attached hydrogens (tertiary/aromatic N) is 2. The molecule has 2 aromatic carbocycles. The first kappa shape index (κ1) is 125. The van der Waals surface area contributed by atoms with Crippen LogP contribution in [0.4, 0.5) is 0 Å². The summed E-state index contributed by atoms with van der Waals surface area (Å²) in [6, 6.07) is 13.5. The van der Waals surface area contributed by atoms with E-state index in [0.717, 1.165) is 140 Å². The van der Waals surface area contributed by atoms with Crippen molar-refractivity contribution in [2.24, 2.45) is 0 Å². The Labute approximate surface area is 843 Å². The summed E-state index contributed by atoms with van der Waals surface area (Å²) in [6.07, 6.45) is 131. The van der Waals surface area contributed by atoms with Gasteiger partial charge >= 0.3 is 119 Å². The first-order valence-electron chi connectivity index (χ1n) is 60.6. The Balaban J connectivity index is 0.00000316. The molecule has 0 bridgehead atoms. The van der Waals surface area contributed by atoms with Gasteiger partial charge in [0, 0.05) is 70.2 Å². The number of unbranched alkanes of at least 4 members (excludes halogenated alkanes) is 87. The molecule has 0 saturated heterocycles. The number of hydrogen-bond donors (Lipinski definition) is 0. The van der Waals surface area contributed by atoms with E-state index in [1.807, 2.05) is 0 Å². The van der Waals surface area contributed by atoms with E-state index in [4.69, 9.17) is 0 Å². The fourth-order valence-electron chi connectivity index (χ4n) is 19.8. The van der Waals surface area contributed by atoms with Crippen molar-refractivity contribution in [3.63, 3.8) is 0 Å². The van der Waals surface area contributed by atoms with Crippen molar-refractivity contribution >= 4 is 11.4 Å². The van der Waals surface area contributed by atoms with Crippen LogP contribution in [0.15, 0.2) is 47.5 Å². The Morgan fingerprint density at radius 2 is 0.346 bits per heavy atom. The maximum atomic E-state index is 13.1. The van der Waals surface area contributed by atoms with Crippen LogP contribution in [0.25, 0.3) is 16.9 Å². The van der Waals surface area contributed by atoms with Crippen molar-refractivity contribution in [2.75, 3.05) is 0 Å². The third-order valence-electron chi connectivity index (χ3n) is 28.6. The first-order valence-corrected chi connectivity index (χ1v) is 62.8. The molecule has 0 unspecified atom stereocenters. The predicted molar refractivity (Wildman–Crippen MR) is 596 cm³/mol. The Bertz CT molecular complexity index is 3030. The van der Waals surface area contributed by atoms with Crippen molar-refractivity contribution in [3.8, 4) is 47.4 Å². The quantitative estimate of drug-likeness (QED) is 0.0273. The monoisotopic (exact) mass is 1920 g/mol. The molecule has 0 aromatic heterocycles. The second kappa shape index (κ2) is 103. The summed E-state index contributed by atoms with van der Waals surface area (Å²) in [5, 5.41) is 0. The van der Waals surface area contributed by atoms with E-state index in [1.165, 1.54) is 560 Å². The molecule has 2 aromatic rings. The summed E-state index contributed by atoms with van der Waals surface area (Å²) in [6.45, 7) is 18.4. The summed E-state index contributed by atoms with van der Waals surface area (Å²) >= 11 is 1.07. The molecule has 2 nitrogen and oxygen atoms in total. The first-order chi connectivity index (χ1) is 65.9. The summed E-state index contributed by atoms with van der Waals surface area (Å²) in [5.74, 6) is 29.2. The SMILES string of the molecule is CCCCCCCCCCCCCCCCCCCCCC#Cc1cc(C#CCCCCCCCCCCCCCCCCCCCCC)cc(C2=C(CC)C(CCCC)=C(c3cc(C#CCCCCCCCCCCCCCCCCCCCCC)cc(C#CCCCCCCCCCCCCCCCCCCCCC)c3)[N+]2=[N-])c1.CCCCCCC[CH2][Pd][CH2]CCCCCCC. The maximum absolute atomic E-state index is 13.1. The molecule has 0 aliphatic carbocycles. The predicted octanol–water partition coefficient (Wildman–Crippen LogP) is 45.8. The summed E-state index contributed by atoms with van der Waals surface area (Å²) in [4.78, 5) is 3.07. The van der Waals surface area contributed by atoms with Gasteiger partial charge in [0.1, 0.15) is 0 Å². The van der Waals surface area contributed by atoms with Gasteiger partial charge < -0.3 is 5.53 Å². The van der Waals surface area contributed by atoms with Crippen molar-refractivity contribution in [3.05, 3.63) is 86.5 Å². The zero-order valence-corrected chi connectivity index (χ0v) is 92.5. The third-order valence-corrected chi connectivity index (χ3v) is 30.8. The average Bonchev–Trinajstić information content (AvgIpc) is 1.60. The number of hydrogen-bond acceptors (Lipinski definition) is 0. The minimum atomic E-state index is 0.815. The van der Waals surface area contributed by atoms with E-state index < -0.39 is 0 Å². The number of benzene rings is 2. The molecule has 0 saturated carbocycles. The van der Waals surface area contributed by atoms with Gasteiger partial charge in [-0.25, -0.2) is 4.70 Å². The molecular weight excluding hydrogens is 1700 g/mol. The van der Waals surface area contributed by atoms with Gasteiger partial charge in [0.15, 0.2) is 0 Å². The van der Waals surface area contributed by atoms with Gasteiger partial charge in [0.05, 0.1) is 0 Å². The Kier molecular flexibility index (Phi) is 97.0. The summed E-state index contributed by atoms with van der Waals surface area (Å²) in [7, 11) is 0. The van der Waals surface area contributed by atoms with Crippen LogP contribution in [-0.4, -0.2) is 4.70 Å². The molecular formula is C130H226N2Pd. The van der Waals surface area contributed by atoms with Crippen LogP contribution in [-0.2, 0) is 18.0 Å². The normalized spacial score (nSPS) is 11.9. The molecule has 766 valence electrons. The summed E-state index contributed by atoms with van der Waals surface area (Å²) in [5.41, 5.74) is 23.4. The standard InChI is InChI=1S/C114H192N2.2C8H17.Pd/c1-7-13-18-22-26-30-34-38-42-46-50-54-58-62-66-70-74-78-82-86-90-94-105-99-106(95-91-87-83-79-75-71-67-63-59-55-51-47-43-39-35-31-27-23-19-14-8-2)102-109(101-105)113-111(12-6)112(98-17-11-5)114(116(113)115)110-103-107(96-92-88-84-80-76-72-68-64-60-56-52-48-44-40-36-32-28-24-20-15-9-3)100-108(104-110)97-93-89-85-81-77-73-69-65-61-57-53-49-45-41-37-33-29-25-21-16-10-4;2*1-3-5-7-8-6-4-2;/h99-104H,7-89,98H2,1-6H3;2*1,3-8H2,2H3;. The van der Waals surface area contributed by atoms with E-state index in [0.29, 0.717) is 0 Å². The molecule has 0 spiro atoms. The van der Waals surface area contributed by atoms with E-state index in [9.17, 15) is 5.53 Å². The van der Waals surface area contributed by atoms with Crippen LogP contribution in [0.5, 0.6) is 0 Å². The second-order valence-electron chi connectivity index (χ2n) is 41.7.